The molecule has 0 saturated heterocycles. The maximum Gasteiger partial charge on any atom is 0.295 e. The third-order valence-corrected chi connectivity index (χ3v) is 7.11. The van der Waals surface area contributed by atoms with Crippen molar-refractivity contribution < 1.29 is 14.3 Å². The number of para-hydroxylation sites is 1. The van der Waals surface area contributed by atoms with Gasteiger partial charge in [-0.25, -0.2) is 4.68 Å². The molecule has 1 atom stereocenters. The van der Waals surface area contributed by atoms with E-state index in [4.69, 9.17) is 16.3 Å². The van der Waals surface area contributed by atoms with Crippen molar-refractivity contribution in [1.82, 2.24) is 19.6 Å². The molecule has 3 aromatic rings. The van der Waals surface area contributed by atoms with Gasteiger partial charge in [0.25, 0.3) is 11.5 Å². The number of carbonyl (C=O) groups excluding carboxylic acids is 2. The maximum absolute atomic E-state index is 13.6. The molecule has 1 heterocycles. The molecule has 0 radical (unpaired) electrons. The second-order valence-corrected chi connectivity index (χ2v) is 11.4. The average Bonchev–Trinajstić information content (AvgIpc) is 3.12. The lowest BCUT2D eigenvalue weighted by molar-refractivity contribution is -0.118. The first kappa shape index (κ1) is 31.0. The zero-order valence-corrected chi connectivity index (χ0v) is 25.1. The summed E-state index contributed by atoms with van der Waals surface area (Å²) in [6.07, 6.45) is 0.652. The third kappa shape index (κ3) is 7.55. The summed E-state index contributed by atoms with van der Waals surface area (Å²) in [6, 6.07) is 14.4. The molecule has 2 N–H and O–H groups in total. The Labute approximate surface area is 241 Å². The molecular formula is C30H40ClN5O4. The Hall–Kier alpha value is -3.56. The first-order chi connectivity index (χ1) is 18.8. The minimum atomic E-state index is -0.603. The molecule has 40 heavy (non-hydrogen) atoms. The Bertz CT molecular complexity index is 1400. The van der Waals surface area contributed by atoms with Gasteiger partial charge in [0, 0.05) is 37.5 Å². The molecule has 10 heteroatoms. The maximum atomic E-state index is 13.6. The highest BCUT2D eigenvalue weighted by Gasteiger charge is 2.27. The molecular weight excluding hydrogens is 530 g/mol. The Morgan fingerprint density at radius 1 is 1.12 bits per heavy atom. The van der Waals surface area contributed by atoms with Crippen LogP contribution < -0.4 is 20.9 Å². The van der Waals surface area contributed by atoms with Crippen molar-refractivity contribution in [3.05, 3.63) is 75.2 Å². The van der Waals surface area contributed by atoms with Crippen molar-refractivity contribution in [2.45, 2.75) is 46.6 Å². The summed E-state index contributed by atoms with van der Waals surface area (Å²) < 4.78 is 8.94. The van der Waals surface area contributed by atoms with Gasteiger partial charge < -0.3 is 20.3 Å². The van der Waals surface area contributed by atoms with E-state index >= 15 is 0 Å². The summed E-state index contributed by atoms with van der Waals surface area (Å²) >= 11 is 6.10. The smallest absolute Gasteiger partial charge is 0.295 e. The average molecular weight is 570 g/mol. The van der Waals surface area contributed by atoms with Crippen LogP contribution in [0.1, 0.15) is 50.2 Å². The molecule has 216 valence electrons. The van der Waals surface area contributed by atoms with E-state index in [0.717, 1.165) is 5.69 Å². The van der Waals surface area contributed by atoms with E-state index in [1.807, 2.05) is 72.2 Å². The van der Waals surface area contributed by atoms with Crippen molar-refractivity contribution in [1.29, 1.82) is 0 Å². The van der Waals surface area contributed by atoms with Crippen LogP contribution in [0.2, 0.25) is 5.02 Å². The van der Waals surface area contributed by atoms with Crippen molar-refractivity contribution in [2.75, 3.05) is 32.6 Å². The van der Waals surface area contributed by atoms with Gasteiger partial charge in [0.05, 0.1) is 23.6 Å². The van der Waals surface area contributed by atoms with Crippen LogP contribution in [-0.2, 0) is 18.3 Å². The first-order valence-corrected chi connectivity index (χ1v) is 13.8. The molecule has 0 fully saturated rings. The number of halogens is 1. The second-order valence-electron chi connectivity index (χ2n) is 11.0. The van der Waals surface area contributed by atoms with Crippen LogP contribution in [0.5, 0.6) is 5.75 Å². The molecule has 0 unspecified atom stereocenters. The van der Waals surface area contributed by atoms with Crippen LogP contribution in [-0.4, -0.2) is 59.4 Å². The number of anilines is 1. The summed E-state index contributed by atoms with van der Waals surface area (Å²) in [5.74, 6) is -0.204. The summed E-state index contributed by atoms with van der Waals surface area (Å²) in [5.41, 5.74) is 1.15. The van der Waals surface area contributed by atoms with Gasteiger partial charge in [-0.2, -0.15) is 0 Å². The number of amides is 2. The van der Waals surface area contributed by atoms with Crippen LogP contribution in [0.4, 0.5) is 5.69 Å². The van der Waals surface area contributed by atoms with Crippen molar-refractivity contribution >= 4 is 29.1 Å². The fourth-order valence-corrected chi connectivity index (χ4v) is 4.56. The van der Waals surface area contributed by atoms with Crippen molar-refractivity contribution in [3.63, 3.8) is 0 Å². The SMILES string of the molecule is CCOc1ccc(Cl)cc1C(=O)NCC(C)(C)CC(=O)Nc1c(C[C@H](C)N(C)C)n(C)n(-c2ccccc2)c1=O. The van der Waals surface area contributed by atoms with Crippen LogP contribution in [0.3, 0.4) is 0 Å². The summed E-state index contributed by atoms with van der Waals surface area (Å²) in [6.45, 7) is 8.32. The number of nitrogens with one attached hydrogen (secondary N) is 2. The quantitative estimate of drug-likeness (QED) is 0.335. The number of nitrogens with zero attached hydrogens (tertiary/aromatic N) is 3. The van der Waals surface area contributed by atoms with Crippen LogP contribution in [0.15, 0.2) is 53.3 Å². The van der Waals surface area contributed by atoms with E-state index < -0.39 is 5.41 Å². The second kappa shape index (κ2) is 13.2. The van der Waals surface area contributed by atoms with E-state index in [2.05, 4.69) is 22.5 Å². The number of likely N-dealkylation sites (N-methyl/N-ethyl adjacent to an activating group) is 1. The molecule has 0 aliphatic carbocycles. The largest absolute Gasteiger partial charge is 0.493 e. The summed E-state index contributed by atoms with van der Waals surface area (Å²) in [4.78, 5) is 41.9. The number of rotatable bonds is 12. The minimum absolute atomic E-state index is 0.0868. The molecule has 0 aliphatic rings. The van der Waals surface area contributed by atoms with Gasteiger partial charge in [0.1, 0.15) is 11.4 Å². The van der Waals surface area contributed by atoms with Gasteiger partial charge >= 0.3 is 0 Å². The van der Waals surface area contributed by atoms with Gasteiger partial charge in [-0.15, -0.1) is 0 Å². The first-order valence-electron chi connectivity index (χ1n) is 13.4. The molecule has 2 aromatic carbocycles. The standard InChI is InChI=1S/C30H40ClN5O4/c1-8-40-25-15-14-21(31)17-23(25)28(38)32-19-30(3,4)18-26(37)33-27-24(16-20(2)34(5)6)35(7)36(29(27)39)22-12-10-9-11-13-22/h9-15,17,20H,8,16,18-19H2,1-7H3,(H,32,38)(H,33,37)/t20-/m0/s1. The normalized spacial score (nSPS) is 12.3. The highest BCUT2D eigenvalue weighted by Crippen LogP contribution is 2.25. The zero-order valence-electron chi connectivity index (χ0n) is 24.4. The summed E-state index contributed by atoms with van der Waals surface area (Å²) in [5, 5.41) is 6.23. The summed E-state index contributed by atoms with van der Waals surface area (Å²) in [7, 11) is 5.78. The molecule has 0 saturated carbocycles. The molecule has 1 aromatic heterocycles. The topological polar surface area (TPSA) is 97.6 Å². The fourth-order valence-electron chi connectivity index (χ4n) is 4.39. The van der Waals surface area contributed by atoms with Crippen LogP contribution in [0, 0.1) is 5.41 Å². The molecule has 9 nitrogen and oxygen atoms in total. The predicted molar refractivity (Wildman–Crippen MR) is 160 cm³/mol. The lowest BCUT2D eigenvalue weighted by Gasteiger charge is -2.25. The Morgan fingerprint density at radius 3 is 2.42 bits per heavy atom. The van der Waals surface area contributed by atoms with Gasteiger partial charge in [0.2, 0.25) is 5.91 Å². The Kier molecular flexibility index (Phi) is 10.2. The van der Waals surface area contributed by atoms with Gasteiger partial charge in [-0.05, 0) is 63.7 Å². The lowest BCUT2D eigenvalue weighted by atomic mass is 9.88. The lowest BCUT2D eigenvalue weighted by Crippen LogP contribution is -2.37. The third-order valence-electron chi connectivity index (χ3n) is 6.87. The molecule has 0 bridgehead atoms. The number of ether oxygens (including phenoxy) is 1. The number of hydrogen-bond donors (Lipinski definition) is 2. The van der Waals surface area contributed by atoms with E-state index in [-0.39, 0.29) is 42.1 Å². The van der Waals surface area contributed by atoms with Crippen LogP contribution in [0.25, 0.3) is 5.69 Å². The Morgan fingerprint density at radius 2 is 1.80 bits per heavy atom. The highest BCUT2D eigenvalue weighted by atomic mass is 35.5. The fraction of sp³-hybridized carbons (Fsp3) is 0.433. The molecule has 2 amide bonds. The van der Waals surface area contributed by atoms with Crippen LogP contribution >= 0.6 is 11.6 Å². The van der Waals surface area contributed by atoms with Crippen molar-refractivity contribution in [2.24, 2.45) is 12.5 Å². The van der Waals surface area contributed by atoms with E-state index in [9.17, 15) is 14.4 Å². The number of benzene rings is 2. The monoisotopic (exact) mass is 569 g/mol. The number of carbonyl (C=O) groups is 2. The number of aromatic nitrogens is 2. The van der Waals surface area contributed by atoms with E-state index in [0.29, 0.717) is 35.1 Å². The van der Waals surface area contributed by atoms with E-state index in [1.54, 1.807) is 27.6 Å². The van der Waals surface area contributed by atoms with Gasteiger partial charge in [-0.1, -0.05) is 43.6 Å². The van der Waals surface area contributed by atoms with E-state index in [1.165, 1.54) is 0 Å². The molecule has 0 aliphatic heterocycles. The Balaban J connectivity index is 1.79. The van der Waals surface area contributed by atoms with Crippen molar-refractivity contribution in [3.8, 4) is 11.4 Å². The predicted octanol–water partition coefficient (Wildman–Crippen LogP) is 4.51. The molecule has 0 spiro atoms. The van der Waals surface area contributed by atoms with Gasteiger partial charge in [0.15, 0.2) is 0 Å². The highest BCUT2D eigenvalue weighted by molar-refractivity contribution is 6.31. The minimum Gasteiger partial charge on any atom is -0.493 e. The molecule has 3 rings (SSSR count). The van der Waals surface area contributed by atoms with Gasteiger partial charge in [-0.3, -0.25) is 19.1 Å². The number of hydrogen-bond acceptors (Lipinski definition) is 5. The zero-order chi connectivity index (χ0) is 29.6.